The van der Waals surface area contributed by atoms with E-state index >= 15 is 0 Å². The Hall–Kier alpha value is -2.96. The number of carbonyl (C=O) groups excluding carboxylic acids is 1. The molecule has 3 rings (SSSR count). The van der Waals surface area contributed by atoms with Crippen molar-refractivity contribution >= 4 is 5.91 Å². The molecular formula is C17H20N6O. The average molecular weight is 324 g/mol. The highest BCUT2D eigenvalue weighted by molar-refractivity contribution is 5.92. The van der Waals surface area contributed by atoms with Crippen LogP contribution < -0.4 is 5.32 Å². The summed E-state index contributed by atoms with van der Waals surface area (Å²) < 4.78 is 0. The Balaban J connectivity index is 1.87. The predicted octanol–water partition coefficient (Wildman–Crippen LogP) is 2.48. The second-order valence-corrected chi connectivity index (χ2v) is 5.96. The topological polar surface area (TPSA) is 99.3 Å². The maximum Gasteiger partial charge on any atom is 0.272 e. The Bertz CT molecular complexity index is 820. The van der Waals surface area contributed by atoms with Gasteiger partial charge in [-0.3, -0.25) is 15.0 Å². The van der Waals surface area contributed by atoms with Gasteiger partial charge in [-0.25, -0.2) is 4.98 Å². The zero-order valence-electron chi connectivity index (χ0n) is 13.9. The Morgan fingerprint density at radius 1 is 1.12 bits per heavy atom. The van der Waals surface area contributed by atoms with Crippen molar-refractivity contribution in [3.8, 4) is 0 Å². The summed E-state index contributed by atoms with van der Waals surface area (Å²) in [5.74, 6) is 1.22. The summed E-state index contributed by atoms with van der Waals surface area (Å²) in [6.07, 6.45) is 0. The van der Waals surface area contributed by atoms with Crippen LogP contribution in [0.2, 0.25) is 0 Å². The molecule has 124 valence electrons. The van der Waals surface area contributed by atoms with Crippen molar-refractivity contribution in [2.75, 3.05) is 0 Å². The Morgan fingerprint density at radius 2 is 1.88 bits per heavy atom. The number of benzene rings is 1. The molecule has 0 aliphatic carbocycles. The largest absolute Gasteiger partial charge is 0.336 e. The molecule has 0 spiro atoms. The van der Waals surface area contributed by atoms with Gasteiger partial charge in [-0.05, 0) is 24.5 Å². The third-order valence-electron chi connectivity index (χ3n) is 3.73. The van der Waals surface area contributed by atoms with Gasteiger partial charge in [0.2, 0.25) is 0 Å². The van der Waals surface area contributed by atoms with Gasteiger partial charge in [0.05, 0.1) is 0 Å². The van der Waals surface area contributed by atoms with E-state index in [1.165, 1.54) is 0 Å². The summed E-state index contributed by atoms with van der Waals surface area (Å²) in [6, 6.07) is 10.9. The number of aromatic amines is 2. The van der Waals surface area contributed by atoms with Crippen molar-refractivity contribution in [2.24, 2.45) is 0 Å². The summed E-state index contributed by atoms with van der Waals surface area (Å²) in [5, 5.41) is 17.0. The molecular weight excluding hydrogens is 304 g/mol. The third-order valence-corrected chi connectivity index (χ3v) is 3.73. The Morgan fingerprint density at radius 3 is 2.46 bits per heavy atom. The van der Waals surface area contributed by atoms with E-state index in [1.54, 1.807) is 6.07 Å². The molecule has 1 amide bonds. The van der Waals surface area contributed by atoms with E-state index in [2.05, 4.69) is 30.7 Å². The summed E-state index contributed by atoms with van der Waals surface area (Å²) in [5.41, 5.74) is 2.18. The molecule has 1 aromatic carbocycles. The van der Waals surface area contributed by atoms with Gasteiger partial charge < -0.3 is 5.32 Å². The fourth-order valence-electron chi connectivity index (χ4n) is 2.39. The summed E-state index contributed by atoms with van der Waals surface area (Å²) >= 11 is 0. The molecule has 1 atom stereocenters. The molecule has 0 fully saturated rings. The lowest BCUT2D eigenvalue weighted by Crippen LogP contribution is -2.30. The van der Waals surface area contributed by atoms with Crippen LogP contribution in [0.25, 0.3) is 0 Å². The van der Waals surface area contributed by atoms with Crippen molar-refractivity contribution in [2.45, 2.75) is 32.7 Å². The van der Waals surface area contributed by atoms with E-state index in [9.17, 15) is 4.79 Å². The third kappa shape index (κ3) is 3.34. The fraction of sp³-hybridized carbons (Fsp3) is 0.294. The van der Waals surface area contributed by atoms with Gasteiger partial charge in [-0.2, -0.15) is 10.2 Å². The van der Waals surface area contributed by atoms with Gasteiger partial charge in [0.15, 0.2) is 5.82 Å². The van der Waals surface area contributed by atoms with Crippen molar-refractivity contribution < 1.29 is 4.79 Å². The van der Waals surface area contributed by atoms with Gasteiger partial charge in [0.1, 0.15) is 17.6 Å². The van der Waals surface area contributed by atoms with Gasteiger partial charge in [-0.1, -0.05) is 44.2 Å². The normalized spacial score (nSPS) is 12.3. The first-order valence-electron chi connectivity index (χ1n) is 7.84. The lowest BCUT2D eigenvalue weighted by molar-refractivity contribution is 0.0936. The molecule has 3 aromatic rings. The average Bonchev–Trinajstić information content (AvgIpc) is 3.22. The molecule has 7 heteroatoms. The monoisotopic (exact) mass is 324 g/mol. The number of hydrogen-bond acceptors (Lipinski definition) is 4. The highest BCUT2D eigenvalue weighted by atomic mass is 16.2. The van der Waals surface area contributed by atoms with Crippen molar-refractivity contribution in [3.63, 3.8) is 0 Å². The minimum Gasteiger partial charge on any atom is -0.336 e. The molecule has 0 aliphatic rings. The van der Waals surface area contributed by atoms with E-state index in [0.717, 1.165) is 11.3 Å². The Kier molecular flexibility index (Phi) is 4.41. The highest BCUT2D eigenvalue weighted by Gasteiger charge is 2.23. The first-order chi connectivity index (χ1) is 11.5. The van der Waals surface area contributed by atoms with Gasteiger partial charge >= 0.3 is 0 Å². The zero-order valence-corrected chi connectivity index (χ0v) is 13.9. The molecule has 0 saturated carbocycles. The SMILES string of the molecule is Cc1nc([C@@H](NC(=O)c2cc(C(C)C)[nH]n2)c2ccccc2)n[nH]1. The molecule has 2 heterocycles. The van der Waals surface area contributed by atoms with E-state index in [0.29, 0.717) is 17.3 Å². The molecule has 3 N–H and O–H groups in total. The van der Waals surface area contributed by atoms with Gasteiger partial charge in [-0.15, -0.1) is 0 Å². The summed E-state index contributed by atoms with van der Waals surface area (Å²) in [6.45, 7) is 5.90. The molecule has 7 nitrogen and oxygen atoms in total. The van der Waals surface area contributed by atoms with Crippen molar-refractivity contribution in [3.05, 3.63) is 65.0 Å². The standard InChI is InChI=1S/C17H20N6O/c1-10(2)13-9-14(22-21-13)17(24)19-15(12-7-5-4-6-8-12)16-18-11(3)20-23-16/h4-10,15H,1-3H3,(H,19,24)(H,21,22)(H,18,20,23)/t15-/m0/s1. The minimum absolute atomic E-state index is 0.269. The molecule has 0 saturated heterocycles. The Labute approximate surface area is 139 Å². The molecule has 2 aromatic heterocycles. The number of rotatable bonds is 5. The molecule has 0 aliphatic heterocycles. The smallest absolute Gasteiger partial charge is 0.272 e. The number of H-pyrrole nitrogens is 2. The van der Waals surface area contributed by atoms with Crippen LogP contribution in [-0.4, -0.2) is 31.3 Å². The zero-order chi connectivity index (χ0) is 17.1. The second kappa shape index (κ2) is 6.66. The number of aryl methyl sites for hydroxylation is 1. The van der Waals surface area contributed by atoms with Crippen LogP contribution in [0, 0.1) is 6.92 Å². The first-order valence-corrected chi connectivity index (χ1v) is 7.84. The number of hydrogen-bond donors (Lipinski definition) is 3. The first kappa shape index (κ1) is 15.9. The van der Waals surface area contributed by atoms with Crippen LogP contribution in [0.5, 0.6) is 0 Å². The van der Waals surface area contributed by atoms with Gasteiger partial charge in [0.25, 0.3) is 5.91 Å². The maximum atomic E-state index is 12.6. The number of nitrogens with one attached hydrogen (secondary N) is 3. The maximum absolute atomic E-state index is 12.6. The van der Waals surface area contributed by atoms with Crippen LogP contribution in [-0.2, 0) is 0 Å². The number of amides is 1. The fourth-order valence-corrected chi connectivity index (χ4v) is 2.39. The number of nitrogens with zero attached hydrogens (tertiary/aromatic N) is 3. The van der Waals surface area contributed by atoms with Crippen LogP contribution in [0.3, 0.4) is 0 Å². The van der Waals surface area contributed by atoms with E-state index < -0.39 is 6.04 Å². The van der Waals surface area contributed by atoms with Crippen molar-refractivity contribution in [1.29, 1.82) is 0 Å². The van der Waals surface area contributed by atoms with Crippen LogP contribution in [0.15, 0.2) is 36.4 Å². The van der Waals surface area contributed by atoms with E-state index in [4.69, 9.17) is 0 Å². The second-order valence-electron chi connectivity index (χ2n) is 5.96. The summed E-state index contributed by atoms with van der Waals surface area (Å²) in [7, 11) is 0. The highest BCUT2D eigenvalue weighted by Crippen LogP contribution is 2.20. The molecule has 0 bridgehead atoms. The van der Waals surface area contributed by atoms with Crippen LogP contribution in [0.4, 0.5) is 0 Å². The molecule has 0 radical (unpaired) electrons. The van der Waals surface area contributed by atoms with Crippen molar-refractivity contribution in [1.82, 2.24) is 30.7 Å². The predicted molar refractivity (Wildman–Crippen MR) is 89.5 cm³/mol. The van der Waals surface area contributed by atoms with Crippen LogP contribution in [0.1, 0.15) is 59.2 Å². The van der Waals surface area contributed by atoms with E-state index in [-0.39, 0.29) is 11.8 Å². The summed E-state index contributed by atoms with van der Waals surface area (Å²) in [4.78, 5) is 16.9. The van der Waals surface area contributed by atoms with Crippen LogP contribution >= 0.6 is 0 Å². The number of carbonyl (C=O) groups is 1. The molecule has 24 heavy (non-hydrogen) atoms. The number of aromatic nitrogens is 5. The molecule has 0 unspecified atom stereocenters. The lowest BCUT2D eigenvalue weighted by Gasteiger charge is -2.15. The van der Waals surface area contributed by atoms with Gasteiger partial charge in [0, 0.05) is 5.69 Å². The minimum atomic E-state index is -0.442. The van der Waals surface area contributed by atoms with E-state index in [1.807, 2.05) is 51.1 Å². The quantitative estimate of drug-likeness (QED) is 0.671. The lowest BCUT2D eigenvalue weighted by atomic mass is 10.1.